The lowest BCUT2D eigenvalue weighted by Gasteiger charge is -2.19. The number of rotatable bonds is 3. The predicted molar refractivity (Wildman–Crippen MR) is 120 cm³/mol. The zero-order valence-corrected chi connectivity index (χ0v) is 17.5. The standard InChI is InChI=1S/C24H17BrN2O3/c25-16-6-8-20-18(12-16)19(14-21(27-20)15-4-2-1-3-5-15)24(28)26-17-7-9-22-23(13-17)30-11-10-29-22/h1-9,12-14H,10-11H2,(H,26,28). The minimum absolute atomic E-state index is 0.214. The van der Waals surface area contributed by atoms with Gasteiger partial charge in [-0.25, -0.2) is 4.98 Å². The molecule has 0 unspecified atom stereocenters. The number of carbonyl (C=O) groups is 1. The van der Waals surface area contributed by atoms with Crippen LogP contribution in [0.1, 0.15) is 10.4 Å². The van der Waals surface area contributed by atoms with Crippen LogP contribution in [-0.4, -0.2) is 24.1 Å². The van der Waals surface area contributed by atoms with Crippen molar-refractivity contribution in [2.24, 2.45) is 0 Å². The first-order valence-corrected chi connectivity index (χ1v) is 10.3. The van der Waals surface area contributed by atoms with Crippen LogP contribution in [0.25, 0.3) is 22.2 Å². The molecule has 1 N–H and O–H groups in total. The summed E-state index contributed by atoms with van der Waals surface area (Å²) in [4.78, 5) is 18.0. The van der Waals surface area contributed by atoms with Gasteiger partial charge in [-0.05, 0) is 36.4 Å². The topological polar surface area (TPSA) is 60.5 Å². The molecule has 0 radical (unpaired) electrons. The highest BCUT2D eigenvalue weighted by molar-refractivity contribution is 9.10. The molecule has 0 saturated carbocycles. The van der Waals surface area contributed by atoms with Gasteiger partial charge in [0, 0.05) is 27.2 Å². The van der Waals surface area contributed by atoms with E-state index in [0.29, 0.717) is 36.0 Å². The number of hydrogen-bond donors (Lipinski definition) is 1. The number of nitrogens with one attached hydrogen (secondary N) is 1. The summed E-state index contributed by atoms with van der Waals surface area (Å²) in [6, 6.07) is 22.8. The Bertz CT molecular complexity index is 1260. The van der Waals surface area contributed by atoms with Crippen molar-refractivity contribution in [1.82, 2.24) is 4.98 Å². The lowest BCUT2D eigenvalue weighted by molar-refractivity contribution is 0.102. The average Bonchev–Trinajstić information content (AvgIpc) is 2.79. The summed E-state index contributed by atoms with van der Waals surface area (Å²) in [7, 11) is 0. The number of carbonyl (C=O) groups excluding carboxylic acids is 1. The van der Waals surface area contributed by atoms with Crippen LogP contribution in [0.2, 0.25) is 0 Å². The van der Waals surface area contributed by atoms with E-state index in [1.165, 1.54) is 0 Å². The van der Waals surface area contributed by atoms with Crippen molar-refractivity contribution in [3.05, 3.63) is 82.8 Å². The first-order valence-electron chi connectivity index (χ1n) is 9.54. The maximum Gasteiger partial charge on any atom is 0.256 e. The van der Waals surface area contributed by atoms with Gasteiger partial charge in [-0.3, -0.25) is 4.79 Å². The summed E-state index contributed by atoms with van der Waals surface area (Å²) in [6.45, 7) is 1.02. The molecule has 30 heavy (non-hydrogen) atoms. The molecule has 0 aliphatic carbocycles. The molecule has 0 spiro atoms. The summed E-state index contributed by atoms with van der Waals surface area (Å²) in [6.07, 6.45) is 0. The van der Waals surface area contributed by atoms with Crippen molar-refractivity contribution in [3.63, 3.8) is 0 Å². The quantitative estimate of drug-likeness (QED) is 0.426. The third-order valence-electron chi connectivity index (χ3n) is 4.88. The van der Waals surface area contributed by atoms with Crippen molar-refractivity contribution >= 4 is 38.4 Å². The Hall–Kier alpha value is -3.38. The molecule has 5 rings (SSSR count). The van der Waals surface area contributed by atoms with Crippen molar-refractivity contribution in [2.45, 2.75) is 0 Å². The highest BCUT2D eigenvalue weighted by Crippen LogP contribution is 2.33. The molecular weight excluding hydrogens is 444 g/mol. The fraction of sp³-hybridized carbons (Fsp3) is 0.0833. The zero-order valence-electron chi connectivity index (χ0n) is 15.9. The van der Waals surface area contributed by atoms with Gasteiger partial charge in [-0.1, -0.05) is 46.3 Å². The maximum atomic E-state index is 13.3. The van der Waals surface area contributed by atoms with Gasteiger partial charge in [0.15, 0.2) is 11.5 Å². The van der Waals surface area contributed by atoms with E-state index in [1.807, 2.05) is 60.7 Å². The second kappa shape index (κ2) is 7.80. The van der Waals surface area contributed by atoms with Crippen LogP contribution in [0.5, 0.6) is 11.5 Å². The van der Waals surface area contributed by atoms with Crippen LogP contribution < -0.4 is 14.8 Å². The minimum atomic E-state index is -0.214. The summed E-state index contributed by atoms with van der Waals surface area (Å²) in [5.41, 5.74) is 3.65. The smallest absolute Gasteiger partial charge is 0.256 e. The van der Waals surface area contributed by atoms with E-state index in [2.05, 4.69) is 21.2 Å². The number of anilines is 1. The fourth-order valence-electron chi connectivity index (χ4n) is 3.46. The van der Waals surface area contributed by atoms with E-state index >= 15 is 0 Å². The minimum Gasteiger partial charge on any atom is -0.486 e. The van der Waals surface area contributed by atoms with Gasteiger partial charge in [0.25, 0.3) is 5.91 Å². The van der Waals surface area contributed by atoms with E-state index in [1.54, 1.807) is 12.1 Å². The summed E-state index contributed by atoms with van der Waals surface area (Å²) in [5, 5.41) is 3.76. The molecule has 1 aliphatic heterocycles. The van der Waals surface area contributed by atoms with E-state index < -0.39 is 0 Å². The number of fused-ring (bicyclic) bond motifs is 2. The maximum absolute atomic E-state index is 13.3. The molecule has 0 saturated heterocycles. The van der Waals surface area contributed by atoms with Crippen LogP contribution in [0.3, 0.4) is 0 Å². The van der Waals surface area contributed by atoms with Crippen molar-refractivity contribution < 1.29 is 14.3 Å². The summed E-state index contributed by atoms with van der Waals surface area (Å²) >= 11 is 3.50. The van der Waals surface area contributed by atoms with Crippen molar-refractivity contribution in [2.75, 3.05) is 18.5 Å². The predicted octanol–water partition coefficient (Wildman–Crippen LogP) is 5.69. The van der Waals surface area contributed by atoms with E-state index in [-0.39, 0.29) is 5.91 Å². The molecule has 4 aromatic rings. The number of hydrogen-bond acceptors (Lipinski definition) is 4. The number of halogens is 1. The van der Waals surface area contributed by atoms with Crippen LogP contribution in [0, 0.1) is 0 Å². The summed E-state index contributed by atoms with van der Waals surface area (Å²) < 4.78 is 12.1. The first-order chi connectivity index (χ1) is 14.7. The second-order valence-electron chi connectivity index (χ2n) is 6.90. The fourth-order valence-corrected chi connectivity index (χ4v) is 3.82. The monoisotopic (exact) mass is 460 g/mol. The molecule has 6 heteroatoms. The highest BCUT2D eigenvalue weighted by Gasteiger charge is 2.17. The number of nitrogens with zero attached hydrogens (tertiary/aromatic N) is 1. The SMILES string of the molecule is O=C(Nc1ccc2c(c1)OCCO2)c1cc(-c2ccccc2)nc2ccc(Br)cc12. The Morgan fingerprint density at radius 3 is 2.53 bits per heavy atom. The van der Waals surface area contributed by atoms with Crippen LogP contribution in [-0.2, 0) is 0 Å². The van der Waals surface area contributed by atoms with Gasteiger partial charge in [0.1, 0.15) is 13.2 Å². The van der Waals surface area contributed by atoms with E-state index in [9.17, 15) is 4.79 Å². The number of amides is 1. The molecule has 1 amide bonds. The molecule has 3 aromatic carbocycles. The Balaban J connectivity index is 1.56. The van der Waals surface area contributed by atoms with Crippen LogP contribution in [0.4, 0.5) is 5.69 Å². The molecule has 5 nitrogen and oxygen atoms in total. The Morgan fingerprint density at radius 2 is 1.70 bits per heavy atom. The lowest BCUT2D eigenvalue weighted by atomic mass is 10.0. The molecule has 1 aromatic heterocycles. The van der Waals surface area contributed by atoms with Gasteiger partial charge in [0.05, 0.1) is 16.8 Å². The van der Waals surface area contributed by atoms with Gasteiger partial charge in [-0.2, -0.15) is 0 Å². The summed E-state index contributed by atoms with van der Waals surface area (Å²) in [5.74, 6) is 1.10. The van der Waals surface area contributed by atoms with Gasteiger partial charge in [-0.15, -0.1) is 0 Å². The molecular formula is C24H17BrN2O3. The highest BCUT2D eigenvalue weighted by atomic mass is 79.9. The molecule has 0 fully saturated rings. The Kier molecular flexibility index (Phi) is 4.85. The van der Waals surface area contributed by atoms with E-state index in [4.69, 9.17) is 14.5 Å². The largest absolute Gasteiger partial charge is 0.486 e. The molecule has 0 atom stereocenters. The zero-order chi connectivity index (χ0) is 20.5. The van der Waals surface area contributed by atoms with E-state index in [0.717, 1.165) is 26.6 Å². The normalized spacial score (nSPS) is 12.6. The molecule has 2 heterocycles. The first kappa shape index (κ1) is 18.6. The molecule has 148 valence electrons. The van der Waals surface area contributed by atoms with Crippen molar-refractivity contribution in [3.8, 4) is 22.8 Å². The number of benzene rings is 3. The van der Waals surface area contributed by atoms with Crippen molar-refractivity contribution in [1.29, 1.82) is 0 Å². The van der Waals surface area contributed by atoms with Gasteiger partial charge >= 0.3 is 0 Å². The third kappa shape index (κ3) is 3.62. The second-order valence-corrected chi connectivity index (χ2v) is 7.81. The van der Waals surface area contributed by atoms with Crippen LogP contribution >= 0.6 is 15.9 Å². The van der Waals surface area contributed by atoms with Crippen LogP contribution in [0.15, 0.2) is 77.3 Å². The average molecular weight is 461 g/mol. The van der Waals surface area contributed by atoms with Gasteiger partial charge in [0.2, 0.25) is 0 Å². The molecule has 1 aliphatic rings. The Morgan fingerprint density at radius 1 is 0.900 bits per heavy atom. The van der Waals surface area contributed by atoms with Gasteiger partial charge < -0.3 is 14.8 Å². The third-order valence-corrected chi connectivity index (χ3v) is 5.38. The lowest BCUT2D eigenvalue weighted by Crippen LogP contribution is -2.16. The number of pyridine rings is 1. The molecule has 0 bridgehead atoms. The number of ether oxygens (including phenoxy) is 2. The Labute approximate surface area is 181 Å². The number of aromatic nitrogens is 1.